The number of hydrogen-bond donors (Lipinski definition) is 3. The largest absolute Gasteiger partial charge is 0.507 e. The molecule has 0 aliphatic heterocycles. The van der Waals surface area contributed by atoms with Crippen LogP contribution in [-0.2, 0) is 32.8 Å². The van der Waals surface area contributed by atoms with Crippen LogP contribution in [0.25, 0.3) is 0 Å². The molecule has 0 aliphatic rings. The molecule has 0 saturated heterocycles. The zero-order valence-electron chi connectivity index (χ0n) is 20.1. The second-order valence-corrected chi connectivity index (χ2v) is 9.66. The normalized spacial score (nSPS) is 13.5. The average Bonchev–Trinajstić information content (AvgIpc) is 2.76. The summed E-state index contributed by atoms with van der Waals surface area (Å²) in [5, 5.41) is 20.7. The number of hydrogen-bond acceptors (Lipinski definition) is 9. The van der Waals surface area contributed by atoms with E-state index >= 15 is 0 Å². The summed E-state index contributed by atoms with van der Waals surface area (Å²) in [4.78, 5) is 24.9. The van der Waals surface area contributed by atoms with E-state index < -0.39 is 28.3 Å². The molecular formula is C24H31NO9S. The quantitative estimate of drug-likeness (QED) is 0.209. The molecule has 10 nitrogen and oxygen atoms in total. The van der Waals surface area contributed by atoms with Gasteiger partial charge in [-0.25, -0.2) is 0 Å². The summed E-state index contributed by atoms with van der Waals surface area (Å²) in [5.41, 5.74) is 1.07. The molecule has 3 N–H and O–H groups in total. The molecule has 0 radical (unpaired) electrons. The van der Waals surface area contributed by atoms with Crippen molar-refractivity contribution in [3.8, 4) is 11.5 Å². The molecule has 35 heavy (non-hydrogen) atoms. The Kier molecular flexibility index (Phi) is 9.92. The Morgan fingerprint density at radius 3 is 1.60 bits per heavy atom. The fourth-order valence-corrected chi connectivity index (χ4v) is 3.92. The van der Waals surface area contributed by atoms with Gasteiger partial charge in [0.1, 0.15) is 24.0 Å². The molecule has 0 fully saturated rings. The maximum Gasteiger partial charge on any atom is 0.266 e. The van der Waals surface area contributed by atoms with Crippen LogP contribution in [0.4, 0.5) is 0 Å². The summed E-state index contributed by atoms with van der Waals surface area (Å²) in [5.74, 6) is -1.56. The molecule has 2 aromatic carbocycles. The summed E-state index contributed by atoms with van der Waals surface area (Å²) in [6, 6.07) is 9.42. The number of para-hydroxylation sites is 2. The van der Waals surface area contributed by atoms with Crippen LogP contribution in [0, 0.1) is 0 Å². The zero-order valence-corrected chi connectivity index (χ0v) is 20.9. The molecule has 0 saturated carbocycles. The van der Waals surface area contributed by atoms with Crippen LogP contribution in [-0.4, -0.2) is 64.4 Å². The van der Waals surface area contributed by atoms with E-state index in [1.54, 1.807) is 38.1 Å². The second kappa shape index (κ2) is 12.2. The Bertz CT molecular complexity index is 1090. The molecule has 2 unspecified atom stereocenters. The summed E-state index contributed by atoms with van der Waals surface area (Å²) in [6.45, 7) is 5.66. The van der Waals surface area contributed by atoms with Gasteiger partial charge >= 0.3 is 0 Å². The first-order valence-electron chi connectivity index (χ1n) is 10.9. The molecular weight excluding hydrogens is 478 g/mol. The SMILES string of the molecule is CC(=O)c1cccc(COC(C)N(CCS(=O)(=O)O)C(C)OCc2cccc(C(C)=O)c2O)c1O. The number of carbonyl (C=O) groups is 2. The minimum atomic E-state index is -4.27. The minimum Gasteiger partial charge on any atom is -0.507 e. The number of Topliss-reactive ketones (excluding diaryl/α,β-unsaturated/α-hetero) is 2. The lowest BCUT2D eigenvalue weighted by atomic mass is 10.1. The van der Waals surface area contributed by atoms with Crippen LogP contribution in [0.1, 0.15) is 59.5 Å². The Morgan fingerprint density at radius 2 is 1.26 bits per heavy atom. The summed E-state index contributed by atoms with van der Waals surface area (Å²) < 4.78 is 43.6. The van der Waals surface area contributed by atoms with E-state index in [1.165, 1.54) is 30.9 Å². The first-order chi connectivity index (χ1) is 16.3. The fraction of sp³-hybridized carbons (Fsp3) is 0.417. The van der Waals surface area contributed by atoms with E-state index in [9.17, 15) is 32.8 Å². The Morgan fingerprint density at radius 1 is 0.857 bits per heavy atom. The third-order valence-corrected chi connectivity index (χ3v) is 6.20. The van der Waals surface area contributed by atoms with Crippen molar-refractivity contribution in [1.82, 2.24) is 4.90 Å². The van der Waals surface area contributed by atoms with Gasteiger partial charge in [0, 0.05) is 17.7 Å². The van der Waals surface area contributed by atoms with Gasteiger partial charge in [0.05, 0.1) is 30.1 Å². The van der Waals surface area contributed by atoms with E-state index in [4.69, 9.17) is 9.47 Å². The van der Waals surface area contributed by atoms with Gasteiger partial charge in [-0.15, -0.1) is 0 Å². The smallest absolute Gasteiger partial charge is 0.266 e. The molecule has 0 aliphatic carbocycles. The van der Waals surface area contributed by atoms with Crippen molar-refractivity contribution in [3.05, 3.63) is 58.7 Å². The van der Waals surface area contributed by atoms with Crippen molar-refractivity contribution in [3.63, 3.8) is 0 Å². The lowest BCUT2D eigenvalue weighted by Crippen LogP contribution is -2.45. The number of benzene rings is 2. The van der Waals surface area contributed by atoms with Gasteiger partial charge in [-0.05, 0) is 39.8 Å². The Labute approximate surface area is 204 Å². The van der Waals surface area contributed by atoms with Crippen LogP contribution < -0.4 is 0 Å². The second-order valence-electron chi connectivity index (χ2n) is 8.08. The monoisotopic (exact) mass is 509 g/mol. The van der Waals surface area contributed by atoms with E-state index in [-0.39, 0.29) is 54.0 Å². The number of nitrogens with zero attached hydrogens (tertiary/aromatic N) is 1. The minimum absolute atomic E-state index is 0.0787. The van der Waals surface area contributed by atoms with Gasteiger partial charge in [0.2, 0.25) is 0 Å². The Hall–Kier alpha value is -2.83. The predicted octanol–water partition coefficient (Wildman–Crippen LogP) is 3.12. The topological polar surface area (TPSA) is 151 Å². The Balaban J connectivity index is 2.15. The summed E-state index contributed by atoms with van der Waals surface area (Å²) in [6.07, 6.45) is -1.46. The van der Waals surface area contributed by atoms with E-state index in [0.717, 1.165) is 0 Å². The van der Waals surface area contributed by atoms with Crippen LogP contribution in [0.3, 0.4) is 0 Å². The number of ether oxygens (including phenoxy) is 2. The van der Waals surface area contributed by atoms with Gasteiger partial charge in [-0.3, -0.25) is 19.0 Å². The molecule has 2 rings (SSSR count). The molecule has 2 atom stereocenters. The first kappa shape index (κ1) is 28.4. The van der Waals surface area contributed by atoms with Crippen molar-refractivity contribution in [2.75, 3.05) is 12.3 Å². The molecule has 0 aromatic heterocycles. The van der Waals surface area contributed by atoms with Gasteiger partial charge in [-0.2, -0.15) is 8.42 Å². The maximum absolute atomic E-state index is 11.7. The molecule has 2 aromatic rings. The molecule has 0 bridgehead atoms. The van der Waals surface area contributed by atoms with Crippen molar-refractivity contribution in [2.45, 2.75) is 53.4 Å². The van der Waals surface area contributed by atoms with Crippen LogP contribution in [0.5, 0.6) is 11.5 Å². The molecule has 0 amide bonds. The van der Waals surface area contributed by atoms with Crippen molar-refractivity contribution in [1.29, 1.82) is 0 Å². The number of phenols is 2. The van der Waals surface area contributed by atoms with Gasteiger partial charge in [0.15, 0.2) is 11.6 Å². The van der Waals surface area contributed by atoms with Crippen molar-refractivity contribution in [2.24, 2.45) is 0 Å². The van der Waals surface area contributed by atoms with Gasteiger partial charge in [-0.1, -0.05) is 24.3 Å². The summed E-state index contributed by atoms with van der Waals surface area (Å²) in [7, 11) is -4.27. The number of aromatic hydroxyl groups is 2. The third kappa shape index (κ3) is 8.11. The highest BCUT2D eigenvalue weighted by molar-refractivity contribution is 7.85. The van der Waals surface area contributed by atoms with Crippen molar-refractivity contribution >= 4 is 21.7 Å². The van der Waals surface area contributed by atoms with E-state index in [0.29, 0.717) is 11.1 Å². The number of carbonyl (C=O) groups excluding carboxylic acids is 2. The lowest BCUT2D eigenvalue weighted by Gasteiger charge is -2.34. The van der Waals surface area contributed by atoms with Crippen LogP contribution in [0.2, 0.25) is 0 Å². The summed E-state index contributed by atoms with van der Waals surface area (Å²) >= 11 is 0. The first-order valence-corrected chi connectivity index (χ1v) is 12.5. The molecule has 0 heterocycles. The van der Waals surface area contributed by atoms with E-state index in [1.807, 2.05) is 0 Å². The number of phenolic OH excluding ortho intramolecular Hbond substituents is 2. The maximum atomic E-state index is 11.7. The standard InChI is InChI=1S/C24H31NO9S/c1-15(26)21-9-5-7-19(23(21)28)13-33-17(3)25(11-12-35(30,31)32)18(4)34-14-20-8-6-10-22(16(2)27)24(20)29/h5-10,17-18,28-29H,11-14H2,1-4H3,(H,30,31,32). The van der Waals surface area contributed by atoms with Crippen LogP contribution >= 0.6 is 0 Å². The third-order valence-electron chi connectivity index (χ3n) is 5.50. The molecule has 11 heteroatoms. The van der Waals surface area contributed by atoms with Gasteiger partial charge in [0.25, 0.3) is 10.1 Å². The van der Waals surface area contributed by atoms with Crippen LogP contribution in [0.15, 0.2) is 36.4 Å². The van der Waals surface area contributed by atoms with Crippen molar-refractivity contribution < 1.29 is 42.2 Å². The highest BCUT2D eigenvalue weighted by Gasteiger charge is 2.24. The molecule has 192 valence electrons. The molecule has 0 spiro atoms. The number of rotatable bonds is 13. The highest BCUT2D eigenvalue weighted by Crippen LogP contribution is 2.26. The lowest BCUT2D eigenvalue weighted by molar-refractivity contribution is -0.147. The number of ketones is 2. The predicted molar refractivity (Wildman–Crippen MR) is 128 cm³/mol. The zero-order chi connectivity index (χ0) is 26.3. The van der Waals surface area contributed by atoms with Gasteiger partial charge < -0.3 is 19.7 Å². The van der Waals surface area contributed by atoms with E-state index in [2.05, 4.69) is 0 Å². The average molecular weight is 510 g/mol. The highest BCUT2D eigenvalue weighted by atomic mass is 32.2. The fourth-order valence-electron chi connectivity index (χ4n) is 3.48.